The average molecular weight is 234 g/mol. The maximum atomic E-state index is 9.09. The molecule has 1 aromatic rings. The van der Waals surface area contributed by atoms with Crippen molar-refractivity contribution in [3.8, 4) is 11.9 Å². The molecular weight excluding hydrogens is 216 g/mol. The van der Waals surface area contributed by atoms with Gasteiger partial charge in [0.1, 0.15) is 17.7 Å². The van der Waals surface area contributed by atoms with Crippen molar-refractivity contribution >= 4 is 0 Å². The van der Waals surface area contributed by atoms with E-state index in [1.807, 2.05) is 6.92 Å². The van der Waals surface area contributed by atoms with E-state index in [-0.39, 0.29) is 12.1 Å². The van der Waals surface area contributed by atoms with Crippen molar-refractivity contribution in [3.05, 3.63) is 11.3 Å². The molecule has 5 heteroatoms. The molecule has 0 spiro atoms. The van der Waals surface area contributed by atoms with Crippen LogP contribution < -0.4 is 10.5 Å². The summed E-state index contributed by atoms with van der Waals surface area (Å²) in [4.78, 5) is 0. The molecule has 2 rings (SSSR count). The number of hydrogen-bond donors (Lipinski definition) is 1. The van der Waals surface area contributed by atoms with Gasteiger partial charge in [0, 0.05) is 13.1 Å². The standard InChI is InChI=1S/C12H18N4O/c1-8-9(7-13)12(16(2)15-8)17-11-6-4-3-5-10(11)14/h10-11H,3-6,14H2,1-2H3. The van der Waals surface area contributed by atoms with Gasteiger partial charge in [0.25, 0.3) is 0 Å². The number of hydrogen-bond acceptors (Lipinski definition) is 4. The maximum Gasteiger partial charge on any atom is 0.230 e. The summed E-state index contributed by atoms with van der Waals surface area (Å²) in [7, 11) is 1.79. The molecule has 1 saturated carbocycles. The van der Waals surface area contributed by atoms with Gasteiger partial charge in [0.2, 0.25) is 5.88 Å². The highest BCUT2D eigenvalue weighted by Crippen LogP contribution is 2.26. The Balaban J connectivity index is 2.21. The molecule has 17 heavy (non-hydrogen) atoms. The zero-order valence-electron chi connectivity index (χ0n) is 10.3. The van der Waals surface area contributed by atoms with Gasteiger partial charge in [-0.1, -0.05) is 6.42 Å². The van der Waals surface area contributed by atoms with E-state index >= 15 is 0 Å². The van der Waals surface area contributed by atoms with Crippen LogP contribution in [0.1, 0.15) is 36.9 Å². The normalized spacial score (nSPS) is 24.4. The Kier molecular flexibility index (Phi) is 3.34. The Morgan fingerprint density at radius 3 is 2.82 bits per heavy atom. The first-order valence-corrected chi connectivity index (χ1v) is 5.99. The number of aromatic nitrogens is 2. The minimum atomic E-state index is 0.00523. The van der Waals surface area contributed by atoms with Crippen LogP contribution in [0.5, 0.6) is 5.88 Å². The molecule has 2 atom stereocenters. The number of rotatable bonds is 2. The van der Waals surface area contributed by atoms with Crippen LogP contribution in [-0.2, 0) is 7.05 Å². The van der Waals surface area contributed by atoms with E-state index < -0.39 is 0 Å². The molecule has 2 N–H and O–H groups in total. The zero-order chi connectivity index (χ0) is 12.4. The highest BCUT2D eigenvalue weighted by atomic mass is 16.5. The smallest absolute Gasteiger partial charge is 0.230 e. The van der Waals surface area contributed by atoms with Crippen LogP contribution in [0.3, 0.4) is 0 Å². The van der Waals surface area contributed by atoms with Crippen LogP contribution in [0.15, 0.2) is 0 Å². The van der Waals surface area contributed by atoms with Crippen LogP contribution in [0, 0.1) is 18.3 Å². The van der Waals surface area contributed by atoms with Gasteiger partial charge in [0.15, 0.2) is 0 Å². The maximum absolute atomic E-state index is 9.09. The van der Waals surface area contributed by atoms with Crippen molar-refractivity contribution in [2.75, 3.05) is 0 Å². The lowest BCUT2D eigenvalue weighted by atomic mass is 9.93. The summed E-state index contributed by atoms with van der Waals surface area (Å²) in [5.41, 5.74) is 7.26. The Labute approximate surface area is 101 Å². The number of nitriles is 1. The molecule has 1 fully saturated rings. The fraction of sp³-hybridized carbons (Fsp3) is 0.667. The molecule has 92 valence electrons. The lowest BCUT2D eigenvalue weighted by Crippen LogP contribution is -2.41. The van der Waals surface area contributed by atoms with Gasteiger partial charge in [-0.05, 0) is 26.2 Å². The SMILES string of the molecule is Cc1nn(C)c(OC2CCCCC2N)c1C#N. The molecule has 0 radical (unpaired) electrons. The van der Waals surface area contributed by atoms with Gasteiger partial charge in [-0.3, -0.25) is 0 Å². The highest BCUT2D eigenvalue weighted by Gasteiger charge is 2.26. The van der Waals surface area contributed by atoms with Crippen molar-refractivity contribution < 1.29 is 4.74 Å². The summed E-state index contributed by atoms with van der Waals surface area (Å²) in [6.45, 7) is 1.81. The molecule has 0 saturated heterocycles. The molecular formula is C12H18N4O. The second kappa shape index (κ2) is 4.76. The largest absolute Gasteiger partial charge is 0.472 e. The fourth-order valence-corrected chi connectivity index (χ4v) is 2.32. The van der Waals surface area contributed by atoms with Crippen LogP contribution in [0.2, 0.25) is 0 Å². The van der Waals surface area contributed by atoms with Crippen molar-refractivity contribution in [2.45, 2.75) is 44.8 Å². The predicted molar refractivity (Wildman–Crippen MR) is 63.5 cm³/mol. The lowest BCUT2D eigenvalue weighted by molar-refractivity contribution is 0.121. The van der Waals surface area contributed by atoms with Gasteiger partial charge in [0.05, 0.1) is 5.69 Å². The number of ether oxygens (including phenoxy) is 1. The van der Waals surface area contributed by atoms with Crippen LogP contribution in [-0.4, -0.2) is 21.9 Å². The predicted octanol–water partition coefficient (Wildman–Crippen LogP) is 1.25. The van der Waals surface area contributed by atoms with E-state index in [1.165, 1.54) is 0 Å². The minimum absolute atomic E-state index is 0.00523. The molecule has 2 unspecified atom stereocenters. The molecule has 1 aromatic heterocycles. The quantitative estimate of drug-likeness (QED) is 0.835. The summed E-state index contributed by atoms with van der Waals surface area (Å²) in [6, 6.07) is 2.20. The van der Waals surface area contributed by atoms with Crippen molar-refractivity contribution in [3.63, 3.8) is 0 Å². The van der Waals surface area contributed by atoms with E-state index in [0.29, 0.717) is 17.1 Å². The second-order valence-corrected chi connectivity index (χ2v) is 4.61. The van der Waals surface area contributed by atoms with E-state index in [2.05, 4.69) is 11.2 Å². The van der Waals surface area contributed by atoms with Crippen molar-refractivity contribution in [2.24, 2.45) is 12.8 Å². The summed E-state index contributed by atoms with van der Waals surface area (Å²) < 4.78 is 7.51. The molecule has 1 heterocycles. The Morgan fingerprint density at radius 1 is 1.47 bits per heavy atom. The topological polar surface area (TPSA) is 76.9 Å². The number of nitrogens with two attached hydrogens (primary N) is 1. The van der Waals surface area contributed by atoms with E-state index in [4.69, 9.17) is 15.7 Å². The molecule has 1 aliphatic carbocycles. The molecule has 0 amide bonds. The third-order valence-electron chi connectivity index (χ3n) is 3.30. The lowest BCUT2D eigenvalue weighted by Gasteiger charge is -2.28. The molecule has 1 aliphatic rings. The van der Waals surface area contributed by atoms with E-state index in [1.54, 1.807) is 11.7 Å². The van der Waals surface area contributed by atoms with Crippen LogP contribution >= 0.6 is 0 Å². The first-order chi connectivity index (χ1) is 8.13. The molecule has 0 aromatic carbocycles. The number of aryl methyl sites for hydroxylation is 2. The third kappa shape index (κ3) is 2.27. The molecule has 5 nitrogen and oxygen atoms in total. The number of nitrogens with zero attached hydrogens (tertiary/aromatic N) is 3. The first kappa shape index (κ1) is 11.9. The Morgan fingerprint density at radius 2 is 2.18 bits per heavy atom. The van der Waals surface area contributed by atoms with Gasteiger partial charge in [-0.2, -0.15) is 10.4 Å². The van der Waals surface area contributed by atoms with Gasteiger partial charge in [-0.15, -0.1) is 0 Å². The second-order valence-electron chi connectivity index (χ2n) is 4.61. The third-order valence-corrected chi connectivity index (χ3v) is 3.30. The Bertz CT molecular complexity index is 446. The summed E-state index contributed by atoms with van der Waals surface area (Å²) in [5, 5.41) is 13.3. The van der Waals surface area contributed by atoms with Crippen molar-refractivity contribution in [1.82, 2.24) is 9.78 Å². The van der Waals surface area contributed by atoms with Gasteiger partial charge >= 0.3 is 0 Å². The van der Waals surface area contributed by atoms with E-state index in [9.17, 15) is 0 Å². The van der Waals surface area contributed by atoms with Crippen LogP contribution in [0.25, 0.3) is 0 Å². The minimum Gasteiger partial charge on any atom is -0.472 e. The fourth-order valence-electron chi connectivity index (χ4n) is 2.32. The van der Waals surface area contributed by atoms with Crippen molar-refractivity contribution in [1.29, 1.82) is 5.26 Å². The Hall–Kier alpha value is -1.54. The summed E-state index contributed by atoms with van der Waals surface area (Å²) >= 11 is 0. The van der Waals surface area contributed by atoms with Crippen LogP contribution in [0.4, 0.5) is 0 Å². The average Bonchev–Trinajstić information content (AvgIpc) is 2.56. The first-order valence-electron chi connectivity index (χ1n) is 5.99. The summed E-state index contributed by atoms with van der Waals surface area (Å²) in [5.74, 6) is 0.548. The summed E-state index contributed by atoms with van der Waals surface area (Å²) in [6.07, 6.45) is 4.25. The van der Waals surface area contributed by atoms with Gasteiger partial charge in [-0.25, -0.2) is 4.68 Å². The molecule has 0 bridgehead atoms. The monoisotopic (exact) mass is 234 g/mol. The van der Waals surface area contributed by atoms with E-state index in [0.717, 1.165) is 25.7 Å². The zero-order valence-corrected chi connectivity index (χ0v) is 10.3. The highest BCUT2D eigenvalue weighted by molar-refractivity contribution is 5.42. The van der Waals surface area contributed by atoms with Gasteiger partial charge < -0.3 is 10.5 Å². The molecule has 0 aliphatic heterocycles.